The van der Waals surface area contributed by atoms with Crippen molar-refractivity contribution in [2.24, 2.45) is 5.92 Å². The van der Waals surface area contributed by atoms with E-state index in [1.54, 1.807) is 0 Å². The van der Waals surface area contributed by atoms with E-state index in [0.29, 0.717) is 12.0 Å². The summed E-state index contributed by atoms with van der Waals surface area (Å²) >= 11 is 0. The fourth-order valence-electron chi connectivity index (χ4n) is 1.49. The molecule has 1 fully saturated rings. The van der Waals surface area contributed by atoms with E-state index in [0.717, 1.165) is 19.4 Å². The summed E-state index contributed by atoms with van der Waals surface area (Å²) in [6.45, 7) is 7.37. The van der Waals surface area contributed by atoms with Gasteiger partial charge in [0.05, 0.1) is 12.7 Å². The maximum Gasteiger partial charge on any atom is 0.158 e. The maximum absolute atomic E-state index is 5.69. The molecule has 12 heavy (non-hydrogen) atoms. The largest absolute Gasteiger partial charge is 0.350 e. The van der Waals surface area contributed by atoms with Gasteiger partial charge < -0.3 is 9.47 Å². The van der Waals surface area contributed by atoms with Crippen LogP contribution in [0.2, 0.25) is 0 Å². The third kappa shape index (κ3) is 3.11. The predicted octanol–water partition coefficient (Wildman–Crippen LogP) is 2.57. The van der Waals surface area contributed by atoms with Crippen LogP contribution in [0.3, 0.4) is 0 Å². The lowest BCUT2D eigenvalue weighted by atomic mass is 10.1. The summed E-state index contributed by atoms with van der Waals surface area (Å²) in [7, 11) is 0. The molecule has 0 bridgehead atoms. The first kappa shape index (κ1) is 10.0. The van der Waals surface area contributed by atoms with Crippen molar-refractivity contribution in [1.82, 2.24) is 0 Å². The number of ether oxygens (including phenoxy) is 2. The van der Waals surface area contributed by atoms with Crippen molar-refractivity contribution in [3.63, 3.8) is 0 Å². The van der Waals surface area contributed by atoms with Gasteiger partial charge in [0.1, 0.15) is 0 Å². The zero-order valence-electron chi connectivity index (χ0n) is 8.38. The fourth-order valence-corrected chi connectivity index (χ4v) is 1.49. The molecule has 1 saturated heterocycles. The van der Waals surface area contributed by atoms with Gasteiger partial charge in [-0.05, 0) is 12.3 Å². The van der Waals surface area contributed by atoms with Gasteiger partial charge in [0.25, 0.3) is 0 Å². The number of hydrogen-bond donors (Lipinski definition) is 0. The Morgan fingerprint density at radius 1 is 1.42 bits per heavy atom. The van der Waals surface area contributed by atoms with E-state index in [9.17, 15) is 0 Å². The summed E-state index contributed by atoms with van der Waals surface area (Å²) < 4.78 is 11.2. The second-order valence-electron chi connectivity index (χ2n) is 3.94. The van der Waals surface area contributed by atoms with Crippen molar-refractivity contribution in [3.8, 4) is 0 Å². The molecule has 72 valence electrons. The summed E-state index contributed by atoms with van der Waals surface area (Å²) in [5, 5.41) is 0. The highest BCUT2D eigenvalue weighted by atomic mass is 16.7. The highest BCUT2D eigenvalue weighted by Gasteiger charge is 2.25. The Balaban J connectivity index is 2.16. The van der Waals surface area contributed by atoms with Crippen LogP contribution in [0.1, 0.15) is 40.0 Å². The van der Waals surface area contributed by atoms with Gasteiger partial charge in [0.15, 0.2) is 6.29 Å². The maximum atomic E-state index is 5.69. The first-order valence-corrected chi connectivity index (χ1v) is 4.99. The topological polar surface area (TPSA) is 18.5 Å². The third-order valence-electron chi connectivity index (χ3n) is 2.09. The molecule has 0 aromatic heterocycles. The first-order chi connectivity index (χ1) is 5.72. The van der Waals surface area contributed by atoms with Crippen molar-refractivity contribution < 1.29 is 9.47 Å². The van der Waals surface area contributed by atoms with Crippen LogP contribution in [0.5, 0.6) is 0 Å². The highest BCUT2D eigenvalue weighted by Crippen LogP contribution is 2.20. The predicted molar refractivity (Wildman–Crippen MR) is 49.0 cm³/mol. The van der Waals surface area contributed by atoms with E-state index in [-0.39, 0.29) is 6.29 Å². The average Bonchev–Trinajstić information content (AvgIpc) is 2.36. The molecule has 0 N–H and O–H groups in total. The van der Waals surface area contributed by atoms with Gasteiger partial charge >= 0.3 is 0 Å². The Morgan fingerprint density at radius 3 is 2.75 bits per heavy atom. The molecule has 1 heterocycles. The van der Waals surface area contributed by atoms with Crippen LogP contribution in [0.25, 0.3) is 0 Å². The molecule has 0 aromatic rings. The van der Waals surface area contributed by atoms with Crippen molar-refractivity contribution in [3.05, 3.63) is 0 Å². The van der Waals surface area contributed by atoms with E-state index in [1.807, 2.05) is 0 Å². The van der Waals surface area contributed by atoms with Crippen LogP contribution >= 0.6 is 0 Å². The van der Waals surface area contributed by atoms with Crippen LogP contribution < -0.4 is 0 Å². The average molecular weight is 172 g/mol. The molecule has 0 spiro atoms. The summed E-state index contributed by atoms with van der Waals surface area (Å²) in [4.78, 5) is 0. The van der Waals surface area contributed by atoms with Crippen LogP contribution in [0.4, 0.5) is 0 Å². The van der Waals surface area contributed by atoms with Gasteiger partial charge in [-0.3, -0.25) is 0 Å². The van der Waals surface area contributed by atoms with Gasteiger partial charge in [-0.2, -0.15) is 0 Å². The van der Waals surface area contributed by atoms with E-state index in [4.69, 9.17) is 9.47 Å². The Morgan fingerprint density at radius 2 is 2.17 bits per heavy atom. The molecule has 0 aliphatic carbocycles. The second-order valence-corrected chi connectivity index (χ2v) is 3.94. The quantitative estimate of drug-likeness (QED) is 0.649. The minimum Gasteiger partial charge on any atom is -0.350 e. The molecule has 2 heteroatoms. The highest BCUT2D eigenvalue weighted by molar-refractivity contribution is 4.65. The molecular formula is C10H20O2. The molecule has 1 rings (SSSR count). The van der Waals surface area contributed by atoms with E-state index >= 15 is 0 Å². The number of rotatable bonds is 4. The smallest absolute Gasteiger partial charge is 0.158 e. The molecule has 0 amide bonds. The van der Waals surface area contributed by atoms with Gasteiger partial charge in [0, 0.05) is 6.42 Å². The van der Waals surface area contributed by atoms with Crippen molar-refractivity contribution in [2.75, 3.05) is 6.61 Å². The lowest BCUT2D eigenvalue weighted by Crippen LogP contribution is -2.13. The Hall–Kier alpha value is -0.0800. The van der Waals surface area contributed by atoms with Gasteiger partial charge in [-0.1, -0.05) is 27.2 Å². The molecule has 2 nitrogen and oxygen atoms in total. The zero-order valence-corrected chi connectivity index (χ0v) is 8.38. The molecule has 1 aliphatic heterocycles. The second kappa shape index (κ2) is 4.83. The Kier molecular flexibility index (Phi) is 4.02. The standard InChI is InChI=1S/C10H20O2/c1-4-5-9-7-11-10(12-9)6-8(2)3/h8-10H,4-7H2,1-3H3. The zero-order chi connectivity index (χ0) is 8.97. The summed E-state index contributed by atoms with van der Waals surface area (Å²) in [5.41, 5.74) is 0. The lowest BCUT2D eigenvalue weighted by Gasteiger charge is -2.12. The molecule has 2 atom stereocenters. The minimum absolute atomic E-state index is 0.0709. The molecule has 2 unspecified atom stereocenters. The van der Waals surface area contributed by atoms with Gasteiger partial charge in [-0.15, -0.1) is 0 Å². The SMILES string of the molecule is CCCC1COC(CC(C)C)O1. The van der Waals surface area contributed by atoms with Crippen LogP contribution in [-0.4, -0.2) is 19.0 Å². The summed E-state index contributed by atoms with van der Waals surface area (Å²) in [5.74, 6) is 0.662. The van der Waals surface area contributed by atoms with Crippen molar-refractivity contribution >= 4 is 0 Å². The van der Waals surface area contributed by atoms with E-state index < -0.39 is 0 Å². The minimum atomic E-state index is 0.0709. The van der Waals surface area contributed by atoms with Crippen LogP contribution in [0.15, 0.2) is 0 Å². The first-order valence-electron chi connectivity index (χ1n) is 4.99. The third-order valence-corrected chi connectivity index (χ3v) is 2.09. The van der Waals surface area contributed by atoms with Crippen molar-refractivity contribution in [1.29, 1.82) is 0 Å². The summed E-state index contributed by atoms with van der Waals surface area (Å²) in [6, 6.07) is 0. The van der Waals surface area contributed by atoms with E-state index in [1.165, 1.54) is 6.42 Å². The normalized spacial score (nSPS) is 30.0. The molecule has 0 aromatic carbocycles. The van der Waals surface area contributed by atoms with E-state index in [2.05, 4.69) is 20.8 Å². The van der Waals surface area contributed by atoms with Crippen LogP contribution in [-0.2, 0) is 9.47 Å². The monoisotopic (exact) mass is 172 g/mol. The lowest BCUT2D eigenvalue weighted by molar-refractivity contribution is -0.0697. The fraction of sp³-hybridized carbons (Fsp3) is 1.00. The van der Waals surface area contributed by atoms with Crippen LogP contribution in [0, 0.1) is 5.92 Å². The molecular weight excluding hydrogens is 152 g/mol. The molecule has 1 aliphatic rings. The van der Waals surface area contributed by atoms with Gasteiger partial charge in [-0.25, -0.2) is 0 Å². The molecule has 0 radical (unpaired) electrons. The summed E-state index contributed by atoms with van der Waals surface area (Å²) in [6.07, 6.45) is 3.78. The van der Waals surface area contributed by atoms with Crippen molar-refractivity contribution in [2.45, 2.75) is 52.4 Å². The number of hydrogen-bond acceptors (Lipinski definition) is 2. The Labute approximate surface area is 75.2 Å². The Bertz CT molecular complexity index is 123. The van der Waals surface area contributed by atoms with Gasteiger partial charge in [0.2, 0.25) is 0 Å². The molecule has 0 saturated carbocycles.